The van der Waals surface area contributed by atoms with Crippen LogP contribution in [0.2, 0.25) is 5.02 Å². The van der Waals surface area contributed by atoms with Crippen LogP contribution in [0, 0.1) is 10.1 Å². The Kier molecular flexibility index (Phi) is 3.75. The Morgan fingerprint density at radius 3 is 2.40 bits per heavy atom. The van der Waals surface area contributed by atoms with E-state index in [4.69, 9.17) is 16.7 Å². The maximum Gasteiger partial charge on any atom is 0.410 e. The van der Waals surface area contributed by atoms with E-state index in [2.05, 4.69) is 5.10 Å². The predicted octanol–water partition coefficient (Wildman–Crippen LogP) is 1.14. The van der Waals surface area contributed by atoms with E-state index in [0.717, 1.165) is 16.4 Å². The average Bonchev–Trinajstić information content (AvgIpc) is 2.76. The summed E-state index contributed by atoms with van der Waals surface area (Å²) in [5.41, 5.74) is 0.757. The highest BCUT2D eigenvalue weighted by molar-refractivity contribution is 7.89. The van der Waals surface area contributed by atoms with Crippen molar-refractivity contribution in [2.75, 3.05) is 0 Å². The van der Waals surface area contributed by atoms with E-state index >= 15 is 0 Å². The second-order valence-corrected chi connectivity index (χ2v) is 5.91. The van der Waals surface area contributed by atoms with E-state index in [-0.39, 0.29) is 6.54 Å². The minimum atomic E-state index is -4.20. The monoisotopic (exact) mass is 316 g/mol. The number of nitrogens with two attached hydrogens (primary N) is 1. The Bertz CT molecular complexity index is 754. The largest absolute Gasteiger partial charge is 0.410 e. The molecule has 0 fully saturated rings. The van der Waals surface area contributed by atoms with Gasteiger partial charge in [-0.2, -0.15) is 4.68 Å². The van der Waals surface area contributed by atoms with Gasteiger partial charge in [0.25, 0.3) is 0 Å². The molecular formula is C10H9ClN4O4S. The second kappa shape index (κ2) is 5.19. The van der Waals surface area contributed by atoms with Crippen LogP contribution in [0.1, 0.15) is 5.56 Å². The molecule has 0 aliphatic rings. The van der Waals surface area contributed by atoms with E-state index in [9.17, 15) is 18.5 Å². The SMILES string of the molecule is NS(=O)(=O)c1cn(Cc2ccc(Cl)cc2)nc1[N+](=O)[O-]. The molecule has 8 nitrogen and oxygen atoms in total. The molecule has 0 aliphatic carbocycles. The summed E-state index contributed by atoms with van der Waals surface area (Å²) in [6, 6.07) is 6.70. The van der Waals surface area contributed by atoms with Crippen molar-refractivity contribution >= 4 is 27.4 Å². The summed E-state index contributed by atoms with van der Waals surface area (Å²) in [6.45, 7) is 0.160. The van der Waals surface area contributed by atoms with Gasteiger partial charge in [-0.25, -0.2) is 13.6 Å². The van der Waals surface area contributed by atoms with Gasteiger partial charge < -0.3 is 10.1 Å². The van der Waals surface area contributed by atoms with Crippen LogP contribution in [0.4, 0.5) is 5.82 Å². The zero-order valence-corrected chi connectivity index (χ0v) is 11.5. The highest BCUT2D eigenvalue weighted by atomic mass is 35.5. The van der Waals surface area contributed by atoms with E-state index in [1.165, 1.54) is 0 Å². The first-order valence-electron chi connectivity index (χ1n) is 5.26. The smallest absolute Gasteiger partial charge is 0.358 e. The molecule has 0 unspecified atom stereocenters. The molecule has 0 bridgehead atoms. The second-order valence-electron chi connectivity index (χ2n) is 3.94. The molecule has 106 valence electrons. The third-order valence-corrected chi connectivity index (χ3v) is 3.60. The van der Waals surface area contributed by atoms with Crippen molar-refractivity contribution in [3.8, 4) is 0 Å². The third-order valence-electron chi connectivity index (χ3n) is 2.45. The number of nitro groups is 1. The third kappa shape index (κ3) is 3.13. The Balaban J connectivity index is 2.39. The fraction of sp³-hybridized carbons (Fsp3) is 0.100. The van der Waals surface area contributed by atoms with Crippen molar-refractivity contribution in [2.45, 2.75) is 11.4 Å². The van der Waals surface area contributed by atoms with Gasteiger partial charge in [-0.1, -0.05) is 23.7 Å². The van der Waals surface area contributed by atoms with Crippen LogP contribution in [0.15, 0.2) is 35.4 Å². The molecule has 0 spiro atoms. The quantitative estimate of drug-likeness (QED) is 0.669. The maximum absolute atomic E-state index is 11.3. The summed E-state index contributed by atoms with van der Waals surface area (Å²) in [5, 5.41) is 19.9. The van der Waals surface area contributed by atoms with Crippen LogP contribution >= 0.6 is 11.6 Å². The van der Waals surface area contributed by atoms with E-state index < -0.39 is 25.7 Å². The highest BCUT2D eigenvalue weighted by Crippen LogP contribution is 2.21. The van der Waals surface area contributed by atoms with Gasteiger partial charge in [0.05, 0.1) is 17.8 Å². The maximum atomic E-state index is 11.3. The first-order valence-corrected chi connectivity index (χ1v) is 7.19. The molecule has 0 saturated carbocycles. The molecule has 0 atom stereocenters. The molecule has 1 heterocycles. The molecule has 2 aromatic rings. The number of aromatic nitrogens is 2. The summed E-state index contributed by atoms with van der Waals surface area (Å²) in [5.74, 6) is -0.790. The van der Waals surface area contributed by atoms with Gasteiger partial charge in [0.2, 0.25) is 14.9 Å². The van der Waals surface area contributed by atoms with E-state index in [1.807, 2.05) is 0 Å². The van der Waals surface area contributed by atoms with Gasteiger partial charge in [0.15, 0.2) is 0 Å². The van der Waals surface area contributed by atoms with Crippen molar-refractivity contribution < 1.29 is 13.3 Å². The number of hydrogen-bond acceptors (Lipinski definition) is 5. The van der Waals surface area contributed by atoms with Crippen LogP contribution in [-0.4, -0.2) is 23.1 Å². The number of benzene rings is 1. The molecular weight excluding hydrogens is 308 g/mol. The lowest BCUT2D eigenvalue weighted by atomic mass is 10.2. The molecule has 0 radical (unpaired) electrons. The Hall–Kier alpha value is -1.97. The lowest BCUT2D eigenvalue weighted by Crippen LogP contribution is -2.13. The van der Waals surface area contributed by atoms with Crippen molar-refractivity contribution in [3.05, 3.63) is 51.2 Å². The zero-order valence-electron chi connectivity index (χ0n) is 9.93. The van der Waals surface area contributed by atoms with Crippen LogP contribution in [-0.2, 0) is 16.6 Å². The van der Waals surface area contributed by atoms with Gasteiger partial charge >= 0.3 is 5.82 Å². The van der Waals surface area contributed by atoms with Crippen molar-refractivity contribution in [1.82, 2.24) is 9.78 Å². The van der Waals surface area contributed by atoms with E-state index in [1.54, 1.807) is 24.3 Å². The molecule has 1 aromatic carbocycles. The summed E-state index contributed by atoms with van der Waals surface area (Å²) in [6.07, 6.45) is 1.03. The van der Waals surface area contributed by atoms with Gasteiger partial charge in [0.1, 0.15) is 0 Å². The van der Waals surface area contributed by atoms with Crippen molar-refractivity contribution in [1.29, 1.82) is 0 Å². The number of hydrogen-bond donors (Lipinski definition) is 1. The minimum absolute atomic E-state index is 0.160. The lowest BCUT2D eigenvalue weighted by Gasteiger charge is -1.98. The fourth-order valence-corrected chi connectivity index (χ4v) is 2.34. The number of nitrogens with zero attached hydrogens (tertiary/aromatic N) is 3. The first-order chi connectivity index (χ1) is 9.27. The van der Waals surface area contributed by atoms with Crippen molar-refractivity contribution in [2.24, 2.45) is 5.14 Å². The Morgan fingerprint density at radius 2 is 1.95 bits per heavy atom. The van der Waals surface area contributed by atoms with Crippen LogP contribution in [0.25, 0.3) is 0 Å². The predicted molar refractivity (Wildman–Crippen MR) is 70.8 cm³/mol. The molecule has 1 aromatic heterocycles. The summed E-state index contributed by atoms with van der Waals surface area (Å²) >= 11 is 5.74. The molecule has 0 saturated heterocycles. The topological polar surface area (TPSA) is 121 Å². The first kappa shape index (κ1) is 14.4. The molecule has 0 aliphatic heterocycles. The fourth-order valence-electron chi connectivity index (χ4n) is 1.58. The molecule has 20 heavy (non-hydrogen) atoms. The normalized spacial score (nSPS) is 11.5. The molecule has 0 amide bonds. The summed E-state index contributed by atoms with van der Waals surface area (Å²) in [4.78, 5) is 9.27. The number of halogens is 1. The molecule has 2 N–H and O–H groups in total. The van der Waals surface area contributed by atoms with Crippen LogP contribution in [0.5, 0.6) is 0 Å². The van der Waals surface area contributed by atoms with Gasteiger partial charge in [-0.05, 0) is 22.6 Å². The molecule has 10 heteroatoms. The lowest BCUT2D eigenvalue weighted by molar-refractivity contribution is -0.392. The minimum Gasteiger partial charge on any atom is -0.358 e. The highest BCUT2D eigenvalue weighted by Gasteiger charge is 2.28. The average molecular weight is 317 g/mol. The van der Waals surface area contributed by atoms with E-state index in [0.29, 0.717) is 5.02 Å². The van der Waals surface area contributed by atoms with Crippen LogP contribution < -0.4 is 5.14 Å². The number of sulfonamides is 1. The number of primary sulfonamides is 1. The zero-order chi connectivity index (χ0) is 14.9. The van der Waals surface area contributed by atoms with Crippen molar-refractivity contribution in [3.63, 3.8) is 0 Å². The standard InChI is InChI=1S/C10H9ClN4O4S/c11-8-3-1-7(2-4-8)5-14-6-9(20(12,18)19)10(13-14)15(16)17/h1-4,6H,5H2,(H2,12,18,19). The number of rotatable bonds is 4. The van der Waals surface area contributed by atoms with Gasteiger partial charge in [0, 0.05) is 5.02 Å². The van der Waals surface area contributed by atoms with Crippen LogP contribution in [0.3, 0.4) is 0 Å². The molecule has 2 rings (SSSR count). The summed E-state index contributed by atoms with van der Waals surface area (Å²) < 4.78 is 23.7. The van der Waals surface area contributed by atoms with Gasteiger partial charge in [-0.15, -0.1) is 0 Å². The Morgan fingerprint density at radius 1 is 1.35 bits per heavy atom. The van der Waals surface area contributed by atoms with Gasteiger partial charge in [-0.3, -0.25) is 0 Å². The Labute approximate surface area is 119 Å². The summed E-state index contributed by atoms with van der Waals surface area (Å²) in [7, 11) is -4.20.